The van der Waals surface area contributed by atoms with Crippen LogP contribution in [0.2, 0.25) is 0 Å². The quantitative estimate of drug-likeness (QED) is 0.363. The van der Waals surface area contributed by atoms with Crippen molar-refractivity contribution in [1.82, 2.24) is 9.97 Å². The van der Waals surface area contributed by atoms with Gasteiger partial charge in [-0.2, -0.15) is 13.2 Å². The summed E-state index contributed by atoms with van der Waals surface area (Å²) in [4.78, 5) is 9.68. The van der Waals surface area contributed by atoms with Gasteiger partial charge in [0.15, 0.2) is 0 Å². The minimum Gasteiger partial charge on any atom is -0.356 e. The molecule has 8 heteroatoms. The van der Waals surface area contributed by atoms with Crippen LogP contribution in [0.3, 0.4) is 0 Å². The van der Waals surface area contributed by atoms with Crippen LogP contribution in [0.4, 0.5) is 13.2 Å². The Morgan fingerprint density at radius 1 is 1.05 bits per heavy atom. The van der Waals surface area contributed by atoms with E-state index in [4.69, 9.17) is 13.9 Å². The molecular formula is C32H45F3N2O2S. The van der Waals surface area contributed by atoms with Crippen molar-refractivity contribution < 1.29 is 22.1 Å². The molecule has 4 nitrogen and oxygen atoms in total. The lowest BCUT2D eigenvalue weighted by Gasteiger charge is -2.49. The average molecular weight is 579 g/mol. The van der Waals surface area contributed by atoms with Crippen LogP contribution < -0.4 is 0 Å². The summed E-state index contributed by atoms with van der Waals surface area (Å²) in [6.45, 7) is 15.6. The predicted molar refractivity (Wildman–Crippen MR) is 156 cm³/mol. The van der Waals surface area contributed by atoms with Crippen molar-refractivity contribution in [2.24, 2.45) is 5.41 Å². The molecule has 5 rings (SSSR count). The molecular weight excluding hydrogens is 533 g/mol. The van der Waals surface area contributed by atoms with Crippen molar-refractivity contribution in [2.75, 3.05) is 12.5 Å². The standard InChI is InChI=1S/C32H45F3N2O2S/c1-19(2)27-25-26(24-22(37-27)16-30(6,7)17-23(24)39-40(8,9)29(3,4)5)31(14-10-11-15-31)38-28(25)21-13-12-20(18-36-21)32(33,34)35/h12-13,18-19,23,28H,10-11,14-17H2,1-9H3. The number of hydrogen-bond acceptors (Lipinski definition) is 4. The van der Waals surface area contributed by atoms with Gasteiger partial charge >= 0.3 is 6.18 Å². The van der Waals surface area contributed by atoms with Crippen molar-refractivity contribution in [3.8, 4) is 0 Å². The number of halogens is 3. The zero-order chi connectivity index (χ0) is 29.5. The third-order valence-electron chi connectivity index (χ3n) is 9.32. The summed E-state index contributed by atoms with van der Waals surface area (Å²) in [5.41, 5.74) is 4.76. The van der Waals surface area contributed by atoms with E-state index in [9.17, 15) is 13.2 Å². The summed E-state index contributed by atoms with van der Waals surface area (Å²) in [5.74, 6) is 0.122. The number of rotatable bonds is 4. The summed E-state index contributed by atoms with van der Waals surface area (Å²) in [6, 6.07) is 2.61. The summed E-state index contributed by atoms with van der Waals surface area (Å²) in [5, 5.41) is 0. The van der Waals surface area contributed by atoms with E-state index in [0.29, 0.717) is 5.69 Å². The third kappa shape index (κ3) is 5.11. The number of pyridine rings is 2. The molecule has 1 spiro atoms. The van der Waals surface area contributed by atoms with Gasteiger partial charge in [-0.3, -0.25) is 9.97 Å². The first-order valence-electron chi connectivity index (χ1n) is 14.5. The Balaban J connectivity index is 1.75. The van der Waals surface area contributed by atoms with E-state index in [2.05, 4.69) is 66.0 Å². The van der Waals surface area contributed by atoms with Gasteiger partial charge in [0.25, 0.3) is 0 Å². The van der Waals surface area contributed by atoms with Crippen molar-refractivity contribution >= 4 is 10.3 Å². The van der Waals surface area contributed by atoms with Gasteiger partial charge in [0, 0.05) is 33.5 Å². The molecule has 3 heterocycles. The Morgan fingerprint density at radius 3 is 2.23 bits per heavy atom. The second-order valence-electron chi connectivity index (χ2n) is 14.4. The molecule has 1 saturated carbocycles. The van der Waals surface area contributed by atoms with E-state index < -0.39 is 33.8 Å². The zero-order valence-electron chi connectivity index (χ0n) is 25.5. The molecule has 1 fully saturated rings. The molecule has 2 aromatic rings. The number of alkyl halides is 3. The largest absolute Gasteiger partial charge is 0.417 e. The second kappa shape index (κ2) is 9.70. The number of nitrogens with zero attached hydrogens (tertiary/aromatic N) is 2. The molecule has 3 aliphatic rings. The number of fused-ring (bicyclic) bond motifs is 4. The Hall–Kier alpha value is -1.64. The maximum absolute atomic E-state index is 13.4. The highest BCUT2D eigenvalue weighted by molar-refractivity contribution is 8.29. The minimum atomic E-state index is -4.43. The molecule has 0 radical (unpaired) electrons. The Morgan fingerprint density at radius 2 is 1.70 bits per heavy atom. The molecule has 222 valence electrons. The first kappa shape index (κ1) is 29.8. The molecule has 1 aliphatic heterocycles. The first-order chi connectivity index (χ1) is 18.4. The lowest BCUT2D eigenvalue weighted by molar-refractivity contribution is -0.137. The van der Waals surface area contributed by atoms with Gasteiger partial charge in [-0.15, -0.1) is 10.3 Å². The fourth-order valence-corrected chi connectivity index (χ4v) is 7.63. The normalized spacial score (nSPS) is 24.4. The minimum absolute atomic E-state index is 0.00252. The van der Waals surface area contributed by atoms with Gasteiger partial charge in [-0.05, 0) is 67.2 Å². The molecule has 0 amide bonds. The summed E-state index contributed by atoms with van der Waals surface area (Å²) < 4.78 is 54.3. The Kier molecular flexibility index (Phi) is 7.24. The van der Waals surface area contributed by atoms with Crippen molar-refractivity contribution in [1.29, 1.82) is 0 Å². The number of hydrogen-bond donors (Lipinski definition) is 0. The van der Waals surface area contributed by atoms with Gasteiger partial charge in [0.2, 0.25) is 0 Å². The highest BCUT2D eigenvalue weighted by Crippen LogP contribution is 2.63. The van der Waals surface area contributed by atoms with Gasteiger partial charge in [0.1, 0.15) is 6.10 Å². The van der Waals surface area contributed by atoms with Crippen molar-refractivity contribution in [3.63, 3.8) is 0 Å². The van der Waals surface area contributed by atoms with Crippen molar-refractivity contribution in [3.05, 3.63) is 57.7 Å². The van der Waals surface area contributed by atoms with Gasteiger partial charge in [-0.1, -0.05) is 61.3 Å². The van der Waals surface area contributed by atoms with Gasteiger partial charge in [0.05, 0.1) is 23.0 Å². The van der Waals surface area contributed by atoms with E-state index in [-0.39, 0.29) is 22.2 Å². The molecule has 0 saturated heterocycles. The summed E-state index contributed by atoms with van der Waals surface area (Å²) in [7, 11) is -1.44. The lowest BCUT2D eigenvalue weighted by Crippen LogP contribution is -2.35. The fourth-order valence-electron chi connectivity index (χ4n) is 6.60. The van der Waals surface area contributed by atoms with Gasteiger partial charge < -0.3 is 8.92 Å². The summed E-state index contributed by atoms with van der Waals surface area (Å²) >= 11 is 0. The lowest BCUT2D eigenvalue weighted by atomic mass is 9.70. The molecule has 40 heavy (non-hydrogen) atoms. The third-order valence-corrected chi connectivity index (χ3v) is 13.0. The molecule has 0 bridgehead atoms. The van der Waals surface area contributed by atoms with Crippen LogP contribution in [0.25, 0.3) is 0 Å². The van der Waals surface area contributed by atoms with Crippen LogP contribution in [0.5, 0.6) is 0 Å². The first-order valence-corrected chi connectivity index (χ1v) is 16.9. The topological polar surface area (TPSA) is 44.2 Å². The molecule has 2 aliphatic carbocycles. The Labute approximate surface area is 239 Å². The van der Waals surface area contributed by atoms with Crippen LogP contribution in [0, 0.1) is 5.41 Å². The van der Waals surface area contributed by atoms with E-state index >= 15 is 0 Å². The van der Waals surface area contributed by atoms with Crippen LogP contribution in [0.1, 0.15) is 138 Å². The van der Waals surface area contributed by atoms with E-state index in [1.807, 2.05) is 0 Å². The molecule has 0 aromatic carbocycles. The monoisotopic (exact) mass is 578 g/mol. The van der Waals surface area contributed by atoms with Crippen LogP contribution in [-0.2, 0) is 27.1 Å². The van der Waals surface area contributed by atoms with E-state index in [1.54, 1.807) is 0 Å². The van der Waals surface area contributed by atoms with Crippen LogP contribution >= 0.6 is 10.3 Å². The van der Waals surface area contributed by atoms with Crippen LogP contribution in [-0.4, -0.2) is 27.2 Å². The summed E-state index contributed by atoms with van der Waals surface area (Å²) in [6.07, 6.45) is 5.96. The van der Waals surface area contributed by atoms with Gasteiger partial charge in [-0.25, -0.2) is 0 Å². The highest BCUT2D eigenvalue weighted by atomic mass is 32.3. The number of ether oxygens (including phenoxy) is 1. The van der Waals surface area contributed by atoms with Crippen molar-refractivity contribution in [2.45, 2.75) is 122 Å². The zero-order valence-corrected chi connectivity index (χ0v) is 26.3. The average Bonchev–Trinajstić information content (AvgIpc) is 3.41. The Bertz CT molecular complexity index is 1270. The molecule has 2 aromatic heterocycles. The highest BCUT2D eigenvalue weighted by Gasteiger charge is 2.54. The maximum Gasteiger partial charge on any atom is 0.417 e. The van der Waals surface area contributed by atoms with E-state index in [1.165, 1.54) is 17.2 Å². The molecule has 0 N–H and O–H groups in total. The van der Waals surface area contributed by atoms with E-state index in [0.717, 1.165) is 67.7 Å². The SMILES string of the molecule is CC(C)c1nc2c(c3c1C(c1ccc(C(F)(F)F)cn1)OC31CCCC1)C(OS(C)(C)C(C)(C)C)CC(C)(C)C2. The molecule has 2 unspecified atom stereocenters. The smallest absolute Gasteiger partial charge is 0.356 e. The maximum atomic E-state index is 13.4. The fraction of sp³-hybridized carbons (Fsp3) is 0.688. The predicted octanol–water partition coefficient (Wildman–Crippen LogP) is 9.32. The van der Waals surface area contributed by atoms with Crippen LogP contribution in [0.15, 0.2) is 18.3 Å². The second-order valence-corrected chi connectivity index (χ2v) is 18.3. The number of aromatic nitrogens is 2. The molecule has 2 atom stereocenters.